The number of H-pyrrole nitrogens is 1. The van der Waals surface area contributed by atoms with E-state index in [2.05, 4.69) is 9.88 Å². The Kier molecular flexibility index (Phi) is 4.97. The Morgan fingerprint density at radius 3 is 2.63 bits per heavy atom. The highest BCUT2D eigenvalue weighted by Gasteiger charge is 2.24. The minimum atomic E-state index is -3.30. The Labute approximate surface area is 164 Å². The molecule has 1 N–H and O–H groups in total. The van der Waals surface area contributed by atoms with E-state index >= 15 is 0 Å². The zero-order valence-corrected chi connectivity index (χ0v) is 16.7. The molecule has 1 aromatic heterocycles. The smallest absolute Gasteiger partial charge is 0.175 e. The first-order chi connectivity index (χ1) is 12.9. The van der Waals surface area contributed by atoms with Gasteiger partial charge in [-0.05, 0) is 55.8 Å². The predicted molar refractivity (Wildman–Crippen MR) is 108 cm³/mol. The van der Waals surface area contributed by atoms with Gasteiger partial charge in [0.2, 0.25) is 0 Å². The van der Waals surface area contributed by atoms with Crippen LogP contribution in [0, 0.1) is 0 Å². The number of rotatable bonds is 4. The largest absolute Gasteiger partial charge is 0.342 e. The van der Waals surface area contributed by atoms with Crippen molar-refractivity contribution >= 4 is 32.5 Å². The van der Waals surface area contributed by atoms with Crippen molar-refractivity contribution in [2.24, 2.45) is 0 Å². The van der Waals surface area contributed by atoms with E-state index in [4.69, 9.17) is 16.6 Å². The van der Waals surface area contributed by atoms with Crippen molar-refractivity contribution in [3.8, 4) is 0 Å². The highest BCUT2D eigenvalue weighted by molar-refractivity contribution is 7.90. The Hall–Kier alpha value is -1.89. The van der Waals surface area contributed by atoms with Crippen LogP contribution < -0.4 is 0 Å². The molecule has 0 unspecified atom stereocenters. The molecule has 0 atom stereocenters. The van der Waals surface area contributed by atoms with Gasteiger partial charge in [-0.2, -0.15) is 0 Å². The summed E-state index contributed by atoms with van der Waals surface area (Å²) in [5.41, 5.74) is 2.90. The monoisotopic (exact) mass is 403 g/mol. The molecule has 2 aromatic carbocycles. The first kappa shape index (κ1) is 18.5. The number of aromatic nitrogens is 2. The second kappa shape index (κ2) is 7.26. The van der Waals surface area contributed by atoms with Gasteiger partial charge < -0.3 is 4.98 Å². The van der Waals surface area contributed by atoms with Crippen molar-refractivity contribution in [1.29, 1.82) is 0 Å². The van der Waals surface area contributed by atoms with E-state index in [1.165, 1.54) is 6.26 Å². The van der Waals surface area contributed by atoms with E-state index in [0.717, 1.165) is 48.4 Å². The number of sulfone groups is 1. The van der Waals surface area contributed by atoms with Crippen LogP contribution in [0.2, 0.25) is 5.02 Å². The molecule has 142 valence electrons. The number of nitrogens with zero attached hydrogens (tertiary/aromatic N) is 2. The van der Waals surface area contributed by atoms with E-state index in [0.29, 0.717) is 22.4 Å². The summed E-state index contributed by atoms with van der Waals surface area (Å²) in [6.45, 7) is 2.44. The minimum Gasteiger partial charge on any atom is -0.342 e. The molecule has 0 bridgehead atoms. The van der Waals surface area contributed by atoms with Crippen LogP contribution in [0.1, 0.15) is 30.1 Å². The summed E-state index contributed by atoms with van der Waals surface area (Å²) in [4.78, 5) is 10.8. The van der Waals surface area contributed by atoms with Gasteiger partial charge in [0.25, 0.3) is 0 Å². The molecule has 0 radical (unpaired) electrons. The molecule has 5 nitrogen and oxygen atoms in total. The van der Waals surface area contributed by atoms with E-state index in [1.54, 1.807) is 12.1 Å². The number of aromatic amines is 1. The van der Waals surface area contributed by atoms with Gasteiger partial charge in [0.05, 0.1) is 15.9 Å². The van der Waals surface area contributed by atoms with Gasteiger partial charge in [0.15, 0.2) is 9.84 Å². The third-order valence-corrected chi connectivity index (χ3v) is 6.62. The highest BCUT2D eigenvalue weighted by Crippen LogP contribution is 2.29. The number of likely N-dealkylation sites (tertiary alicyclic amines) is 1. The van der Waals surface area contributed by atoms with Crippen LogP contribution >= 0.6 is 11.6 Å². The quantitative estimate of drug-likeness (QED) is 0.715. The number of fused-ring (bicyclic) bond motifs is 1. The maximum absolute atomic E-state index is 12.1. The van der Waals surface area contributed by atoms with Crippen molar-refractivity contribution < 1.29 is 8.42 Å². The minimum absolute atomic E-state index is 0.328. The van der Waals surface area contributed by atoms with Crippen molar-refractivity contribution in [2.45, 2.75) is 30.2 Å². The van der Waals surface area contributed by atoms with Gasteiger partial charge in [-0.15, -0.1) is 0 Å². The first-order valence-corrected chi connectivity index (χ1v) is 11.3. The standard InChI is InChI=1S/C20H22ClN3O2S/c1-27(25,26)19-12-16(21)7-6-15(19)13-24-10-8-14(9-11-24)20-22-17-4-2-3-5-18(17)23-20/h2-7,12,14H,8-11,13H2,1H3,(H,22,23). The van der Waals surface area contributed by atoms with Crippen molar-refractivity contribution in [2.75, 3.05) is 19.3 Å². The zero-order valence-electron chi connectivity index (χ0n) is 15.2. The van der Waals surface area contributed by atoms with Crippen LogP contribution in [0.5, 0.6) is 0 Å². The van der Waals surface area contributed by atoms with E-state index in [1.807, 2.05) is 30.3 Å². The van der Waals surface area contributed by atoms with Gasteiger partial charge in [-0.1, -0.05) is 29.8 Å². The van der Waals surface area contributed by atoms with Crippen molar-refractivity contribution in [3.63, 3.8) is 0 Å². The third-order valence-electron chi connectivity index (χ3n) is 5.20. The van der Waals surface area contributed by atoms with Crippen LogP contribution in [0.15, 0.2) is 47.4 Å². The predicted octanol–water partition coefficient (Wildman–Crippen LogP) is 4.00. The lowest BCUT2D eigenvalue weighted by atomic mass is 9.96. The molecule has 0 spiro atoms. The third kappa shape index (κ3) is 4.03. The second-order valence-corrected chi connectivity index (χ2v) is 9.63. The van der Waals surface area contributed by atoms with Crippen LogP contribution in [0.4, 0.5) is 0 Å². The maximum atomic E-state index is 12.1. The normalized spacial score (nSPS) is 16.8. The molecule has 2 heterocycles. The Morgan fingerprint density at radius 2 is 1.93 bits per heavy atom. The molecule has 1 aliphatic rings. The lowest BCUT2D eigenvalue weighted by molar-refractivity contribution is 0.201. The van der Waals surface area contributed by atoms with Crippen molar-refractivity contribution in [3.05, 3.63) is 58.9 Å². The second-order valence-electron chi connectivity index (χ2n) is 7.21. The maximum Gasteiger partial charge on any atom is 0.175 e. The molecule has 1 saturated heterocycles. The fourth-order valence-electron chi connectivity index (χ4n) is 3.78. The number of benzene rings is 2. The van der Waals surface area contributed by atoms with Gasteiger partial charge in [-0.25, -0.2) is 13.4 Å². The fourth-order valence-corrected chi connectivity index (χ4v) is 4.96. The summed E-state index contributed by atoms with van der Waals surface area (Å²) in [7, 11) is -3.30. The summed E-state index contributed by atoms with van der Waals surface area (Å²) in [5.74, 6) is 1.47. The number of piperidine rings is 1. The average molecular weight is 404 g/mol. The first-order valence-electron chi connectivity index (χ1n) is 9.05. The fraction of sp³-hybridized carbons (Fsp3) is 0.350. The van der Waals surface area contributed by atoms with Crippen LogP contribution in [-0.2, 0) is 16.4 Å². The Bertz CT molecular complexity index is 1040. The lowest BCUT2D eigenvalue weighted by Gasteiger charge is -2.31. The van der Waals surface area contributed by atoms with E-state index in [9.17, 15) is 8.42 Å². The molecule has 3 aromatic rings. The van der Waals surface area contributed by atoms with Gasteiger partial charge >= 0.3 is 0 Å². The Morgan fingerprint density at radius 1 is 1.19 bits per heavy atom. The van der Waals surface area contributed by atoms with Crippen LogP contribution in [0.3, 0.4) is 0 Å². The summed E-state index contributed by atoms with van der Waals surface area (Å²) < 4.78 is 24.2. The molecule has 0 saturated carbocycles. The SMILES string of the molecule is CS(=O)(=O)c1cc(Cl)ccc1CN1CCC(c2nc3ccccc3[nH]2)CC1. The molecular formula is C20H22ClN3O2S. The number of hydrogen-bond donors (Lipinski definition) is 1. The molecule has 7 heteroatoms. The summed E-state index contributed by atoms with van der Waals surface area (Å²) in [6.07, 6.45) is 3.24. The summed E-state index contributed by atoms with van der Waals surface area (Å²) in [6, 6.07) is 13.2. The number of hydrogen-bond acceptors (Lipinski definition) is 4. The Balaban J connectivity index is 1.46. The van der Waals surface area contributed by atoms with Crippen molar-refractivity contribution in [1.82, 2.24) is 14.9 Å². The van der Waals surface area contributed by atoms with Gasteiger partial charge in [0.1, 0.15) is 5.82 Å². The molecule has 27 heavy (non-hydrogen) atoms. The summed E-state index contributed by atoms with van der Waals surface area (Å²) >= 11 is 6.00. The molecule has 0 aliphatic carbocycles. The molecule has 1 aliphatic heterocycles. The topological polar surface area (TPSA) is 66.1 Å². The number of halogens is 1. The molecule has 0 amide bonds. The highest BCUT2D eigenvalue weighted by atomic mass is 35.5. The van der Waals surface area contributed by atoms with Gasteiger partial charge in [0, 0.05) is 23.7 Å². The number of imidazole rings is 1. The molecular weight excluding hydrogens is 382 g/mol. The molecule has 4 rings (SSSR count). The van der Waals surface area contributed by atoms with Gasteiger partial charge in [-0.3, -0.25) is 4.90 Å². The number of nitrogens with one attached hydrogen (secondary N) is 1. The van der Waals surface area contributed by atoms with E-state index in [-0.39, 0.29) is 0 Å². The van der Waals surface area contributed by atoms with E-state index < -0.39 is 9.84 Å². The van der Waals surface area contributed by atoms with Crippen LogP contribution in [0.25, 0.3) is 11.0 Å². The molecule has 1 fully saturated rings. The van der Waals surface area contributed by atoms with Crippen LogP contribution in [-0.4, -0.2) is 42.6 Å². The average Bonchev–Trinajstić information content (AvgIpc) is 3.07. The summed E-state index contributed by atoms with van der Waals surface area (Å²) in [5, 5.41) is 0.447. The zero-order chi connectivity index (χ0) is 19.0. The lowest BCUT2D eigenvalue weighted by Crippen LogP contribution is -2.33. The number of para-hydroxylation sites is 2.